The molecule has 0 saturated carbocycles. The highest BCUT2D eigenvalue weighted by Gasteiger charge is 2.25. The number of aliphatic hydroxyl groups is 1. The fourth-order valence-electron chi connectivity index (χ4n) is 4.55. The van der Waals surface area contributed by atoms with E-state index in [-0.39, 0.29) is 18.6 Å². The van der Waals surface area contributed by atoms with Crippen LogP contribution in [0.25, 0.3) is 11.0 Å². The Morgan fingerprint density at radius 3 is 2.27 bits per heavy atom. The molecule has 4 rings (SSSR count). The van der Waals surface area contributed by atoms with Crippen LogP contribution in [0.5, 0.6) is 0 Å². The van der Waals surface area contributed by atoms with Gasteiger partial charge in [-0.15, -0.1) is 0 Å². The molecule has 41 heavy (non-hydrogen) atoms. The third-order valence-electron chi connectivity index (χ3n) is 6.41. The third kappa shape index (κ3) is 9.44. The molecule has 4 aromatic rings. The van der Waals surface area contributed by atoms with Crippen molar-refractivity contribution in [2.45, 2.75) is 54.0 Å². The molecule has 1 heterocycles. The molecule has 0 aliphatic carbocycles. The van der Waals surface area contributed by atoms with Gasteiger partial charge in [-0.1, -0.05) is 87.2 Å². The van der Waals surface area contributed by atoms with Crippen LogP contribution in [0.15, 0.2) is 107 Å². The van der Waals surface area contributed by atoms with E-state index in [0.717, 1.165) is 33.4 Å². The summed E-state index contributed by atoms with van der Waals surface area (Å²) in [5, 5.41) is 9.57. The van der Waals surface area contributed by atoms with E-state index in [1.807, 2.05) is 75.2 Å². The van der Waals surface area contributed by atoms with Crippen molar-refractivity contribution in [1.29, 1.82) is 0 Å². The second kappa shape index (κ2) is 16.1. The van der Waals surface area contributed by atoms with Gasteiger partial charge in [-0.2, -0.15) is 0 Å². The quantitative estimate of drug-likeness (QED) is 0.224. The van der Waals surface area contributed by atoms with Crippen LogP contribution in [0.2, 0.25) is 0 Å². The van der Waals surface area contributed by atoms with Crippen molar-refractivity contribution in [3.05, 3.63) is 131 Å². The van der Waals surface area contributed by atoms with E-state index in [1.54, 1.807) is 6.92 Å². The van der Waals surface area contributed by atoms with Crippen LogP contribution in [-0.2, 0) is 11.2 Å². The monoisotopic (exact) mass is 552 g/mol. The van der Waals surface area contributed by atoms with E-state index in [9.17, 15) is 4.79 Å². The molecule has 0 aliphatic rings. The van der Waals surface area contributed by atoms with Crippen molar-refractivity contribution < 1.29 is 14.3 Å². The van der Waals surface area contributed by atoms with Crippen molar-refractivity contribution in [3.63, 3.8) is 0 Å². The molecule has 1 aromatic heterocycles. The van der Waals surface area contributed by atoms with E-state index >= 15 is 0 Å². The minimum Gasteiger partial charge on any atom is -0.461 e. The van der Waals surface area contributed by atoms with Crippen molar-refractivity contribution in [3.8, 4) is 0 Å². The van der Waals surface area contributed by atoms with Gasteiger partial charge in [0.25, 0.3) is 0 Å². The Hall–Kier alpha value is -4.22. The summed E-state index contributed by atoms with van der Waals surface area (Å²) in [7, 11) is 1.90. The molecule has 0 radical (unpaired) electrons. The van der Waals surface area contributed by atoms with E-state index in [4.69, 9.17) is 9.52 Å². The zero-order chi connectivity index (χ0) is 30.5. The molecule has 1 N–H and O–H groups in total. The molecule has 1 unspecified atom stereocenters. The molecular weight excluding hydrogens is 508 g/mol. The number of benzene rings is 3. The second-order valence-electron chi connectivity index (χ2n) is 9.78. The van der Waals surface area contributed by atoms with Gasteiger partial charge in [0.05, 0.1) is 24.8 Å². The lowest BCUT2D eigenvalue weighted by molar-refractivity contribution is -0.130. The van der Waals surface area contributed by atoms with Gasteiger partial charge in [0.2, 0.25) is 5.91 Å². The third-order valence-corrected chi connectivity index (χ3v) is 6.41. The summed E-state index contributed by atoms with van der Waals surface area (Å²) in [6.07, 6.45) is 1.86. The van der Waals surface area contributed by atoms with Gasteiger partial charge in [-0.05, 0) is 74.2 Å². The first-order chi connectivity index (χ1) is 19.6. The number of furan rings is 1. The van der Waals surface area contributed by atoms with E-state index in [1.165, 1.54) is 17.2 Å². The smallest absolute Gasteiger partial charge is 0.227 e. The predicted octanol–water partition coefficient (Wildman–Crippen LogP) is 8.31. The van der Waals surface area contributed by atoms with Gasteiger partial charge in [-0.25, -0.2) is 0 Å². The Bertz CT molecular complexity index is 1480. The van der Waals surface area contributed by atoms with Crippen LogP contribution in [0, 0.1) is 20.8 Å². The summed E-state index contributed by atoms with van der Waals surface area (Å²) in [6, 6.07) is 24.5. The highest BCUT2D eigenvalue weighted by Crippen LogP contribution is 2.31. The predicted molar refractivity (Wildman–Crippen MR) is 173 cm³/mol. The highest BCUT2D eigenvalue weighted by atomic mass is 16.3. The fraction of sp³-hybridized carbons (Fsp3) is 0.278. The summed E-state index contributed by atoms with van der Waals surface area (Å²) in [5.41, 5.74) is 7.77. The Morgan fingerprint density at radius 1 is 1.02 bits per heavy atom. The van der Waals surface area contributed by atoms with Gasteiger partial charge in [0.1, 0.15) is 11.3 Å². The first-order valence-electron chi connectivity index (χ1n) is 14.0. The number of amides is 1. The number of aryl methyl sites for hydroxylation is 3. The number of aliphatic hydroxyl groups excluding tert-OH is 1. The highest BCUT2D eigenvalue weighted by molar-refractivity contribution is 5.96. The molecule has 1 atom stereocenters. The Kier molecular flexibility index (Phi) is 13.0. The number of allylic oxidation sites excluding steroid dienone is 1. The van der Waals surface area contributed by atoms with Gasteiger partial charge >= 0.3 is 0 Å². The molecule has 0 spiro atoms. The molecule has 0 bridgehead atoms. The van der Waals surface area contributed by atoms with Crippen LogP contribution in [0.4, 0.5) is 0 Å². The average molecular weight is 553 g/mol. The minimum atomic E-state index is -0.126. The van der Waals surface area contributed by atoms with Crippen molar-refractivity contribution >= 4 is 22.6 Å². The molecule has 5 heteroatoms. The molecule has 0 saturated heterocycles. The topological polar surface area (TPSA) is 66.0 Å². The van der Waals surface area contributed by atoms with Gasteiger partial charge < -0.3 is 14.4 Å². The van der Waals surface area contributed by atoms with Gasteiger partial charge in [0.15, 0.2) is 0 Å². The fourth-order valence-corrected chi connectivity index (χ4v) is 4.55. The maximum Gasteiger partial charge on any atom is 0.227 e. The molecule has 216 valence electrons. The zero-order valence-electron chi connectivity index (χ0n) is 25.6. The van der Waals surface area contributed by atoms with Crippen LogP contribution < -0.4 is 0 Å². The van der Waals surface area contributed by atoms with E-state index in [0.29, 0.717) is 17.8 Å². The first-order valence-corrected chi connectivity index (χ1v) is 14.0. The molecule has 3 aromatic carbocycles. The molecule has 1 amide bonds. The van der Waals surface area contributed by atoms with Crippen molar-refractivity contribution in [2.24, 2.45) is 4.99 Å². The number of carbonyl (C=O) groups is 1. The van der Waals surface area contributed by atoms with Crippen LogP contribution in [0.1, 0.15) is 60.4 Å². The van der Waals surface area contributed by atoms with Crippen LogP contribution >= 0.6 is 0 Å². The Labute approximate surface area is 245 Å². The number of hydrogen-bond donors (Lipinski definition) is 1. The van der Waals surface area contributed by atoms with Crippen molar-refractivity contribution in [2.75, 3.05) is 13.7 Å². The second-order valence-corrected chi connectivity index (χ2v) is 9.78. The molecule has 0 aliphatic heterocycles. The number of rotatable bonds is 8. The summed E-state index contributed by atoms with van der Waals surface area (Å²) in [5.74, 6) is 0.966. The number of carbonyl (C=O) groups excluding carboxylic acids is 1. The summed E-state index contributed by atoms with van der Waals surface area (Å²) in [6.45, 7) is 18.8. The standard InChI is InChI=1S/C27H27NO2.C7H11NO.C2H6/c1-18-10-12-24(19(2)14-18)27(22-8-6-5-7-9-22)28(4)26(29)17-21-11-13-25-23(16-21)15-20(3)30-25;1-4-7(5-9)8-6(2)3;1-2/h5-16,27H,17H2,1-4H3;4,9H,1-2,5H2,3H3;1-2H3. The number of aliphatic imine (C=N–C) groups is 1. The van der Waals surface area contributed by atoms with Crippen LogP contribution in [-0.4, -0.2) is 35.3 Å². The zero-order valence-corrected chi connectivity index (χ0v) is 25.6. The Morgan fingerprint density at radius 2 is 1.71 bits per heavy atom. The minimum absolute atomic E-state index is 0.0731. The lowest BCUT2D eigenvalue weighted by Gasteiger charge is -2.30. The number of hydrogen-bond acceptors (Lipinski definition) is 4. The maximum atomic E-state index is 13.3. The van der Waals surface area contributed by atoms with Gasteiger partial charge in [0, 0.05) is 18.1 Å². The van der Waals surface area contributed by atoms with Crippen LogP contribution in [0.3, 0.4) is 0 Å². The lowest BCUT2D eigenvalue weighted by atomic mass is 9.92. The number of likely N-dealkylation sites (N-methyl/N-ethyl adjacent to an activating group) is 1. The molecular formula is C36H44N2O3. The lowest BCUT2D eigenvalue weighted by Crippen LogP contribution is -2.33. The normalized spacial score (nSPS) is 11.5. The summed E-state index contributed by atoms with van der Waals surface area (Å²) < 4.78 is 5.66. The number of nitrogens with zero attached hydrogens (tertiary/aromatic N) is 2. The molecule has 5 nitrogen and oxygen atoms in total. The van der Waals surface area contributed by atoms with E-state index in [2.05, 4.69) is 62.3 Å². The largest absolute Gasteiger partial charge is 0.461 e. The first kappa shape index (κ1) is 33.0. The summed E-state index contributed by atoms with van der Waals surface area (Å²) >= 11 is 0. The van der Waals surface area contributed by atoms with Crippen molar-refractivity contribution in [1.82, 2.24) is 4.90 Å². The maximum absolute atomic E-state index is 13.3. The molecule has 0 fully saturated rings. The summed E-state index contributed by atoms with van der Waals surface area (Å²) in [4.78, 5) is 19.1. The number of fused-ring (bicyclic) bond motifs is 1. The van der Waals surface area contributed by atoms with Gasteiger partial charge in [-0.3, -0.25) is 9.79 Å². The average Bonchev–Trinajstić information content (AvgIpc) is 3.34. The van der Waals surface area contributed by atoms with E-state index < -0.39 is 0 Å². The Balaban J connectivity index is 0.000000459. The SMILES string of the molecule is C=CC(CO)=NC(=C)C.CC.Cc1ccc(C(c2ccccc2)N(C)C(=O)Cc2ccc3oc(C)cc3c2)c(C)c1.